The van der Waals surface area contributed by atoms with E-state index in [4.69, 9.17) is 19.9 Å². The lowest BCUT2D eigenvalue weighted by molar-refractivity contribution is 0.0245. The van der Waals surface area contributed by atoms with Gasteiger partial charge in [0.25, 0.3) is 0 Å². The van der Waals surface area contributed by atoms with E-state index in [0.717, 1.165) is 62.4 Å². The molecule has 2 N–H and O–H groups in total. The lowest BCUT2D eigenvalue weighted by Gasteiger charge is -2.25. The van der Waals surface area contributed by atoms with Gasteiger partial charge in [-0.05, 0) is 30.9 Å². The highest BCUT2D eigenvalue weighted by Crippen LogP contribution is 2.40. The Morgan fingerprint density at radius 1 is 1.30 bits per heavy atom. The van der Waals surface area contributed by atoms with Gasteiger partial charge in [-0.15, -0.1) is 0 Å². The summed E-state index contributed by atoms with van der Waals surface area (Å²) in [7, 11) is 1.70. The predicted octanol–water partition coefficient (Wildman–Crippen LogP) is 2.29. The molecule has 2 aliphatic rings. The molecule has 1 aliphatic carbocycles. The number of rotatable bonds is 5. The van der Waals surface area contributed by atoms with E-state index in [9.17, 15) is 0 Å². The summed E-state index contributed by atoms with van der Waals surface area (Å²) in [5.74, 6) is 1.68. The van der Waals surface area contributed by atoms with Crippen molar-refractivity contribution in [2.24, 2.45) is 5.73 Å². The third kappa shape index (κ3) is 3.07. The Morgan fingerprint density at radius 2 is 2.05 bits per heavy atom. The molecule has 1 heterocycles. The van der Waals surface area contributed by atoms with Crippen molar-refractivity contribution in [1.82, 2.24) is 0 Å². The van der Waals surface area contributed by atoms with E-state index in [-0.39, 0.29) is 11.6 Å². The summed E-state index contributed by atoms with van der Waals surface area (Å²) >= 11 is 0. The van der Waals surface area contributed by atoms with Gasteiger partial charge in [0.2, 0.25) is 0 Å². The standard InChI is InChI=1S/C16H23NO3/c1-18-15-12(11-16(17)7-8-16)3-2-4-14(15)20-13-5-9-19-10-6-13/h2-4,13H,5-11,17H2,1H3. The van der Waals surface area contributed by atoms with Crippen molar-refractivity contribution in [3.63, 3.8) is 0 Å². The van der Waals surface area contributed by atoms with E-state index < -0.39 is 0 Å². The van der Waals surface area contributed by atoms with E-state index in [1.165, 1.54) is 0 Å². The van der Waals surface area contributed by atoms with Crippen LogP contribution in [0.2, 0.25) is 0 Å². The van der Waals surface area contributed by atoms with E-state index in [2.05, 4.69) is 6.07 Å². The zero-order valence-electron chi connectivity index (χ0n) is 12.1. The number of ether oxygens (including phenoxy) is 3. The lowest BCUT2D eigenvalue weighted by atomic mass is 10.0. The predicted molar refractivity (Wildman–Crippen MR) is 77.3 cm³/mol. The average molecular weight is 277 g/mol. The Balaban J connectivity index is 1.76. The highest BCUT2D eigenvalue weighted by Gasteiger charge is 2.39. The molecule has 1 aromatic rings. The fourth-order valence-corrected chi connectivity index (χ4v) is 2.71. The van der Waals surface area contributed by atoms with Gasteiger partial charge in [-0.3, -0.25) is 0 Å². The largest absolute Gasteiger partial charge is 0.493 e. The fraction of sp³-hybridized carbons (Fsp3) is 0.625. The molecule has 20 heavy (non-hydrogen) atoms. The number of methoxy groups -OCH3 is 1. The average Bonchev–Trinajstić information content (AvgIpc) is 3.18. The van der Waals surface area contributed by atoms with Crippen LogP contribution in [0.5, 0.6) is 11.5 Å². The molecule has 0 aromatic heterocycles. The maximum atomic E-state index is 6.22. The first kappa shape index (κ1) is 13.7. The molecule has 0 unspecified atom stereocenters. The molecule has 110 valence electrons. The molecular formula is C16H23NO3. The van der Waals surface area contributed by atoms with Crippen molar-refractivity contribution in [3.8, 4) is 11.5 Å². The molecule has 1 saturated heterocycles. The Kier molecular flexibility index (Phi) is 3.85. The molecule has 1 aliphatic heterocycles. The summed E-state index contributed by atoms with van der Waals surface area (Å²) in [6, 6.07) is 6.09. The number of para-hydroxylation sites is 1. The quantitative estimate of drug-likeness (QED) is 0.897. The SMILES string of the molecule is COc1c(CC2(N)CC2)cccc1OC1CCOCC1. The first-order valence-corrected chi connectivity index (χ1v) is 7.39. The van der Waals surface area contributed by atoms with Gasteiger partial charge in [-0.2, -0.15) is 0 Å². The summed E-state index contributed by atoms with van der Waals surface area (Å²) in [6.45, 7) is 1.55. The third-order valence-corrected chi connectivity index (χ3v) is 4.16. The molecule has 1 saturated carbocycles. The van der Waals surface area contributed by atoms with Gasteiger partial charge in [0.15, 0.2) is 11.5 Å². The van der Waals surface area contributed by atoms with Crippen LogP contribution in [-0.4, -0.2) is 32.0 Å². The van der Waals surface area contributed by atoms with Gasteiger partial charge in [0.1, 0.15) is 6.10 Å². The number of hydrogen-bond acceptors (Lipinski definition) is 4. The topological polar surface area (TPSA) is 53.7 Å². The Labute approximate surface area is 120 Å². The minimum Gasteiger partial charge on any atom is -0.493 e. The van der Waals surface area contributed by atoms with Crippen LogP contribution < -0.4 is 15.2 Å². The maximum Gasteiger partial charge on any atom is 0.163 e. The van der Waals surface area contributed by atoms with E-state index >= 15 is 0 Å². The summed E-state index contributed by atoms with van der Waals surface area (Å²) in [6.07, 6.45) is 5.16. The van der Waals surface area contributed by atoms with Crippen LogP contribution in [0, 0.1) is 0 Å². The molecule has 1 aromatic carbocycles. The van der Waals surface area contributed by atoms with Crippen molar-refractivity contribution < 1.29 is 14.2 Å². The van der Waals surface area contributed by atoms with Crippen LogP contribution in [0.1, 0.15) is 31.2 Å². The lowest BCUT2D eigenvalue weighted by Crippen LogP contribution is -2.27. The monoisotopic (exact) mass is 277 g/mol. The van der Waals surface area contributed by atoms with Gasteiger partial charge >= 0.3 is 0 Å². The summed E-state index contributed by atoms with van der Waals surface area (Å²) in [5.41, 5.74) is 7.35. The molecular weight excluding hydrogens is 254 g/mol. The van der Waals surface area contributed by atoms with E-state index in [0.29, 0.717) is 0 Å². The van der Waals surface area contributed by atoms with Gasteiger partial charge in [-0.25, -0.2) is 0 Å². The number of benzene rings is 1. The second-order valence-electron chi connectivity index (χ2n) is 5.92. The second kappa shape index (κ2) is 5.62. The molecule has 0 spiro atoms. The molecule has 4 nitrogen and oxygen atoms in total. The molecule has 0 radical (unpaired) electrons. The van der Waals surface area contributed by atoms with Crippen molar-refractivity contribution in [1.29, 1.82) is 0 Å². The first-order chi connectivity index (χ1) is 9.70. The molecule has 0 amide bonds. The molecule has 4 heteroatoms. The minimum atomic E-state index is -0.0232. The van der Waals surface area contributed by atoms with Crippen LogP contribution >= 0.6 is 0 Å². The van der Waals surface area contributed by atoms with Crippen LogP contribution in [0.15, 0.2) is 18.2 Å². The molecule has 2 fully saturated rings. The smallest absolute Gasteiger partial charge is 0.163 e. The second-order valence-corrected chi connectivity index (χ2v) is 5.92. The van der Waals surface area contributed by atoms with Crippen molar-refractivity contribution in [3.05, 3.63) is 23.8 Å². The van der Waals surface area contributed by atoms with Crippen LogP contribution in [0.25, 0.3) is 0 Å². The highest BCUT2D eigenvalue weighted by atomic mass is 16.5. The van der Waals surface area contributed by atoms with Crippen LogP contribution in [0.4, 0.5) is 0 Å². The van der Waals surface area contributed by atoms with Crippen molar-refractivity contribution in [2.75, 3.05) is 20.3 Å². The van der Waals surface area contributed by atoms with Gasteiger partial charge < -0.3 is 19.9 Å². The van der Waals surface area contributed by atoms with Gasteiger partial charge in [0.05, 0.1) is 20.3 Å². The number of hydrogen-bond donors (Lipinski definition) is 1. The highest BCUT2D eigenvalue weighted by molar-refractivity contribution is 5.47. The first-order valence-electron chi connectivity index (χ1n) is 7.39. The van der Waals surface area contributed by atoms with Crippen LogP contribution in [-0.2, 0) is 11.2 Å². The number of nitrogens with two attached hydrogens (primary N) is 1. The van der Waals surface area contributed by atoms with Crippen molar-refractivity contribution >= 4 is 0 Å². The third-order valence-electron chi connectivity index (χ3n) is 4.16. The Hall–Kier alpha value is -1.26. The fourth-order valence-electron chi connectivity index (χ4n) is 2.71. The Morgan fingerprint density at radius 3 is 2.70 bits per heavy atom. The minimum absolute atomic E-state index is 0.0232. The van der Waals surface area contributed by atoms with E-state index in [1.807, 2.05) is 12.1 Å². The van der Waals surface area contributed by atoms with Crippen molar-refractivity contribution in [2.45, 2.75) is 43.7 Å². The van der Waals surface area contributed by atoms with Crippen LogP contribution in [0.3, 0.4) is 0 Å². The van der Waals surface area contributed by atoms with Gasteiger partial charge in [0, 0.05) is 18.4 Å². The maximum absolute atomic E-state index is 6.22. The molecule has 3 rings (SSSR count). The van der Waals surface area contributed by atoms with E-state index in [1.54, 1.807) is 7.11 Å². The van der Waals surface area contributed by atoms with Gasteiger partial charge in [-0.1, -0.05) is 12.1 Å². The zero-order chi connectivity index (χ0) is 14.0. The summed E-state index contributed by atoms with van der Waals surface area (Å²) < 4.78 is 17.1. The Bertz CT molecular complexity index is 465. The molecule has 0 bridgehead atoms. The zero-order valence-corrected chi connectivity index (χ0v) is 12.1. The normalized spacial score (nSPS) is 21.5. The molecule has 0 atom stereocenters. The summed E-state index contributed by atoms with van der Waals surface area (Å²) in [4.78, 5) is 0. The summed E-state index contributed by atoms with van der Waals surface area (Å²) in [5, 5.41) is 0.